The maximum Gasteiger partial charge on any atom is 3.00 e. The number of aliphatic hydroxyl groups is 4. The molecule has 4 rings (SSSR count). The third-order valence-corrected chi connectivity index (χ3v) is 6.53. The number of halogens is 12. The molecule has 61 heavy (non-hydrogen) atoms. The molecule has 0 aliphatic rings. The van der Waals surface area contributed by atoms with Gasteiger partial charge in [-0.3, -0.25) is 19.2 Å². The number of hydrogen-bond donors (Lipinski definition) is 4. The summed E-state index contributed by atoms with van der Waals surface area (Å²) in [5.74, 6) is -9.85. The molecule has 0 aromatic heterocycles. The summed E-state index contributed by atoms with van der Waals surface area (Å²) in [7, 11) is 0. The van der Waals surface area contributed by atoms with Crippen molar-refractivity contribution in [2.75, 3.05) is 0 Å². The van der Waals surface area contributed by atoms with E-state index in [2.05, 4.69) is 0 Å². The zero-order chi connectivity index (χ0) is 45.9. The summed E-state index contributed by atoms with van der Waals surface area (Å²) < 4.78 is 143. The minimum absolute atomic E-state index is 0. The zero-order valence-electron chi connectivity index (χ0n) is 30.3. The van der Waals surface area contributed by atoms with Crippen LogP contribution in [0.15, 0.2) is 169 Å². The first kappa shape index (κ1) is 55.5. The molecule has 0 unspecified atom stereocenters. The summed E-state index contributed by atoms with van der Waals surface area (Å²) in [5, 5.41) is 34.3. The van der Waals surface area contributed by atoms with Crippen molar-refractivity contribution in [2.45, 2.75) is 24.7 Å². The van der Waals surface area contributed by atoms with E-state index in [1.807, 2.05) is 0 Å². The van der Waals surface area contributed by atoms with Gasteiger partial charge in [0.25, 0.3) is 0 Å². The zero-order valence-corrected chi connectivity index (χ0v) is 32.8. The average molecular weight is 1020 g/mol. The van der Waals surface area contributed by atoms with Crippen molar-refractivity contribution in [3.05, 3.63) is 191 Å². The number of allylic oxidation sites excluding steroid dienone is 8. The Morgan fingerprint density at radius 3 is 0.557 bits per heavy atom. The molecule has 0 fully saturated rings. The van der Waals surface area contributed by atoms with Gasteiger partial charge in [-0.2, -0.15) is 52.7 Å². The number of aliphatic hydroxyl groups excluding tert-OH is 4. The monoisotopic (exact) mass is 1020 g/mol. The van der Waals surface area contributed by atoms with Crippen molar-refractivity contribution < 1.29 is 142 Å². The molecule has 0 bridgehead atoms. The minimum Gasteiger partial charge on any atom is -0.504 e. The Labute approximate surface area is 378 Å². The first-order valence-corrected chi connectivity index (χ1v) is 16.0. The van der Waals surface area contributed by atoms with Gasteiger partial charge in [-0.1, -0.05) is 72.8 Å². The fourth-order valence-electron chi connectivity index (χ4n) is 3.61. The van der Waals surface area contributed by atoms with Crippen LogP contribution in [0.1, 0.15) is 22.3 Å². The number of rotatable bonds is 8. The first-order valence-electron chi connectivity index (χ1n) is 16.0. The molecule has 0 amide bonds. The summed E-state index contributed by atoms with van der Waals surface area (Å²) in [4.78, 5) is 36.9. The minimum atomic E-state index is -4.84. The number of hydrogen-bond acceptors (Lipinski definition) is 4. The second-order valence-corrected chi connectivity index (χ2v) is 11.1. The molecule has 0 radical (unpaired) electrons. The molecule has 0 spiro atoms. The second kappa shape index (κ2) is 25.3. The topological polar surface area (TPSA) is 167 Å². The Morgan fingerprint density at radius 2 is 0.443 bits per heavy atom. The maximum absolute atomic E-state index is 11.9. The smallest absolute Gasteiger partial charge is 0.504 e. The molecule has 21 heteroatoms. The summed E-state index contributed by atoms with van der Waals surface area (Å²) in [6, 6.07) is 30.5. The van der Waals surface area contributed by atoms with Gasteiger partial charge in [-0.25, -0.2) is 0 Å². The summed E-state index contributed by atoms with van der Waals surface area (Å²) in [5.41, 5.74) is 0.809. The molecule has 8 N–H and O–H groups in total. The van der Waals surface area contributed by atoms with E-state index in [-0.39, 0.29) is 95.9 Å². The fraction of sp³-hybridized carbons (Fsp3) is 0.100. The predicted octanol–water partition coefficient (Wildman–Crippen LogP) is 10.3. The maximum atomic E-state index is 11.9. The summed E-state index contributed by atoms with van der Waals surface area (Å²) in [6.45, 7) is 0. The van der Waals surface area contributed by atoms with E-state index in [4.69, 9.17) is 20.4 Å². The van der Waals surface area contributed by atoms with E-state index in [1.54, 1.807) is 72.8 Å². The molecule has 0 aliphatic heterocycles. The number of alkyl halides is 12. The van der Waals surface area contributed by atoms with Crippen LogP contribution in [-0.2, 0) is 0 Å². The Hall–Kier alpha value is -5.54. The van der Waals surface area contributed by atoms with Gasteiger partial charge in [-0.15, -0.1) is 0 Å². The molecule has 4 aromatic carbocycles. The molecule has 0 heterocycles. The van der Waals surface area contributed by atoms with Crippen LogP contribution in [0.4, 0.5) is 52.7 Å². The Morgan fingerprint density at radius 1 is 0.311 bits per heavy atom. The van der Waals surface area contributed by atoms with Crippen LogP contribution < -0.4 is 0 Å². The van der Waals surface area contributed by atoms with E-state index in [0.717, 1.165) is 0 Å². The van der Waals surface area contributed by atoms with Gasteiger partial charge in [0.1, 0.15) is 0 Å². The molecule has 4 aromatic rings. The van der Waals surface area contributed by atoms with Crippen molar-refractivity contribution in [3.63, 3.8) is 0 Å². The molecule has 0 saturated heterocycles. The third-order valence-electron chi connectivity index (χ3n) is 6.53. The van der Waals surface area contributed by atoms with E-state index in [0.29, 0.717) is 0 Å². The van der Waals surface area contributed by atoms with Crippen LogP contribution in [0, 0.1) is 49.4 Å². The Bertz CT molecular complexity index is 1830. The standard InChI is InChI=1S/4C10H7F3O2.Eu/c4*11-10(12,13)9(15)6-8(14)7-4-2-1-3-5-7;/h4*1-6,15H;/q;;;;+3/p+4/b4*9-6-;. The number of carbonyl (C=O) groups excluding carboxylic acids is 4. The summed E-state index contributed by atoms with van der Waals surface area (Å²) in [6.07, 6.45) is -18.3. The third kappa shape index (κ3) is 22.0. The van der Waals surface area contributed by atoms with Crippen LogP contribution in [0.2, 0.25) is 0 Å². The van der Waals surface area contributed by atoms with Gasteiger partial charge < -0.3 is 20.4 Å². The van der Waals surface area contributed by atoms with E-state index in [1.165, 1.54) is 48.5 Å². The van der Waals surface area contributed by atoms with Gasteiger partial charge in [0.2, 0.25) is 23.0 Å². The van der Waals surface area contributed by atoms with Crippen molar-refractivity contribution in [2.24, 2.45) is 0 Å². The molecule has 0 atom stereocenters. The van der Waals surface area contributed by atoms with Gasteiger partial charge in [0.05, 0.1) is 46.6 Å². The average Bonchev–Trinajstić information content (AvgIpc) is 3.18. The molecule has 0 aliphatic carbocycles. The number of ketones is 4. The normalized spacial score (nSPS) is 12.4. The number of benzene rings is 4. The molecule has 8 nitrogen and oxygen atoms in total. The van der Waals surface area contributed by atoms with Crippen LogP contribution in [0.3, 0.4) is 0 Å². The fourth-order valence-corrected chi connectivity index (χ4v) is 3.61. The van der Waals surface area contributed by atoms with Crippen molar-refractivity contribution in [3.8, 4) is 0 Å². The van der Waals surface area contributed by atoms with E-state index in [9.17, 15) is 71.9 Å². The molecule has 324 valence electrons. The van der Waals surface area contributed by atoms with E-state index >= 15 is 0 Å². The largest absolute Gasteiger partial charge is 3.00 e. The Kier molecular flexibility index (Phi) is 23.0. The van der Waals surface area contributed by atoms with Gasteiger partial charge in [-0.05, 0) is 48.5 Å². The van der Waals surface area contributed by atoms with Gasteiger partial charge in [0, 0.05) is 0 Å². The van der Waals surface area contributed by atoms with Gasteiger partial charge >= 0.3 is 97.2 Å². The molecule has 0 saturated carbocycles. The van der Waals surface area contributed by atoms with Gasteiger partial charge in [0.15, 0.2) is 0 Å². The molecular weight excluding hydrogens is 988 g/mol. The van der Waals surface area contributed by atoms with Crippen LogP contribution in [0.25, 0.3) is 0 Å². The molecular formula is C40H32EuF12O8+7. The predicted molar refractivity (Wildman–Crippen MR) is 197 cm³/mol. The SMILES string of the molecule is O/C(=C\C(=[OH+])c1ccccc1)C(F)(F)F.O/C(=C\C(=[OH+])c1ccccc1)C(F)(F)F.O/C(=C\C(=[OH+])c1ccccc1)C(F)(F)F.O/C(=C\C(=[OH+])c1ccccc1)C(F)(F)F.[Eu+3]. The second-order valence-electron chi connectivity index (χ2n) is 11.1. The van der Waals surface area contributed by atoms with Crippen LogP contribution in [-0.4, -0.2) is 87.4 Å². The quantitative estimate of drug-likeness (QED) is 0.0454. The van der Waals surface area contributed by atoms with Crippen molar-refractivity contribution in [1.29, 1.82) is 0 Å². The van der Waals surface area contributed by atoms with Crippen LogP contribution >= 0.6 is 0 Å². The van der Waals surface area contributed by atoms with Crippen LogP contribution in [0.5, 0.6) is 0 Å². The van der Waals surface area contributed by atoms with E-state index < -0.39 is 70.9 Å². The van der Waals surface area contributed by atoms with Crippen molar-refractivity contribution in [1.82, 2.24) is 0 Å². The Balaban J connectivity index is 0.000000783. The van der Waals surface area contributed by atoms with Crippen molar-refractivity contribution >= 4 is 23.1 Å². The summed E-state index contributed by atoms with van der Waals surface area (Å²) >= 11 is 0. The first-order chi connectivity index (χ1) is 27.6.